The van der Waals surface area contributed by atoms with E-state index in [1.54, 1.807) is 6.20 Å². The third-order valence-corrected chi connectivity index (χ3v) is 11.2. The fourth-order valence-electron chi connectivity index (χ4n) is 7.07. The van der Waals surface area contributed by atoms with Gasteiger partial charge in [0.1, 0.15) is 6.29 Å². The van der Waals surface area contributed by atoms with Gasteiger partial charge in [-0.3, -0.25) is 9.79 Å². The molecule has 0 aliphatic heterocycles. The fraction of sp³-hybridized carbons (Fsp3) is 0.192. The van der Waals surface area contributed by atoms with Gasteiger partial charge >= 0.3 is 0 Å². The maximum atomic E-state index is 10.7. The summed E-state index contributed by atoms with van der Waals surface area (Å²) in [6, 6.07) is 41.1. The number of carbonyl (C=O) groups is 1. The molecule has 0 atom stereocenters. The highest BCUT2D eigenvalue weighted by atomic mass is 32.1. The van der Waals surface area contributed by atoms with Gasteiger partial charge in [-0.2, -0.15) is 10.2 Å². The van der Waals surface area contributed by atoms with Crippen molar-refractivity contribution in [1.29, 1.82) is 0 Å². The second-order valence-electron chi connectivity index (χ2n) is 15.4. The van der Waals surface area contributed by atoms with E-state index in [1.807, 2.05) is 52.1 Å². The number of aryl methyl sites for hydroxylation is 6. The van der Waals surface area contributed by atoms with E-state index in [-0.39, 0.29) is 0 Å². The summed E-state index contributed by atoms with van der Waals surface area (Å²) in [5, 5.41) is 11.0. The van der Waals surface area contributed by atoms with Gasteiger partial charge in [0.15, 0.2) is 0 Å². The van der Waals surface area contributed by atoms with Crippen LogP contribution in [0.2, 0.25) is 0 Å². The van der Waals surface area contributed by atoms with Crippen LogP contribution in [-0.4, -0.2) is 54.9 Å². The molecule has 0 bridgehead atoms. The van der Waals surface area contributed by atoms with Crippen LogP contribution in [-0.2, 0) is 12.8 Å². The van der Waals surface area contributed by atoms with Crippen molar-refractivity contribution in [2.75, 3.05) is 13.1 Å². The Morgan fingerprint density at radius 3 is 1.46 bits per heavy atom. The average Bonchev–Trinajstić information content (AvgIpc) is 3.89. The van der Waals surface area contributed by atoms with Gasteiger partial charge in [-0.1, -0.05) is 102 Å². The summed E-state index contributed by atoms with van der Waals surface area (Å²) < 4.78 is 3.85. The molecule has 2 N–H and O–H groups in total. The van der Waals surface area contributed by atoms with Gasteiger partial charge in [0.25, 0.3) is 0 Å². The van der Waals surface area contributed by atoms with E-state index in [0.29, 0.717) is 18.7 Å². The standard InChI is InChI=1S/C26H25N3S.C15H12N2O.C11H15NS/c1-18-7-10-23(11-8-18)29-26-12-9-21(13-22(26)16-28-29)15-27-17-24(30)14-25-19(2)5-4-6-20(25)3;1-11-2-5-14(6-3-11)17-15-7-4-12(10-18)8-13(15)9-16-17;1-8-4-3-5-9(2)11(8)6-10(13)7-12/h4-13,15-16H,14,17H2,1-3H3;2-10H,1H3;3-5H,6-7,12H2,1-2H3. The number of rotatable bonds is 11. The first-order valence-electron chi connectivity index (χ1n) is 20.3. The highest BCUT2D eigenvalue weighted by molar-refractivity contribution is 7.80. The minimum atomic E-state index is 0.503. The highest BCUT2D eigenvalue weighted by Crippen LogP contribution is 2.22. The van der Waals surface area contributed by atoms with Crippen molar-refractivity contribution in [1.82, 2.24) is 19.6 Å². The zero-order chi connectivity index (χ0) is 43.5. The summed E-state index contributed by atoms with van der Waals surface area (Å²) >= 11 is 10.7. The monoisotopic (exact) mass is 840 g/mol. The first kappa shape index (κ1) is 44.3. The molecule has 2 aromatic heterocycles. The Hall–Kier alpha value is -6.26. The lowest BCUT2D eigenvalue weighted by molar-refractivity contribution is 0.112. The van der Waals surface area contributed by atoms with Gasteiger partial charge in [-0.15, -0.1) is 0 Å². The molecule has 0 saturated carbocycles. The number of aldehydes is 1. The Kier molecular flexibility index (Phi) is 15.1. The van der Waals surface area contributed by atoms with Crippen molar-refractivity contribution >= 4 is 68.5 Å². The zero-order valence-electron chi connectivity index (χ0n) is 35.7. The lowest BCUT2D eigenvalue weighted by atomic mass is 9.99. The second kappa shape index (κ2) is 20.8. The second-order valence-corrected chi connectivity index (χ2v) is 16.5. The van der Waals surface area contributed by atoms with Crippen LogP contribution in [0.15, 0.2) is 139 Å². The number of hydrogen-bond donors (Lipinski definition) is 1. The first-order chi connectivity index (χ1) is 29.4. The maximum Gasteiger partial charge on any atom is 0.150 e. The summed E-state index contributed by atoms with van der Waals surface area (Å²) in [6.45, 7) is 13.7. The largest absolute Gasteiger partial charge is 0.326 e. The van der Waals surface area contributed by atoms with Crippen LogP contribution >= 0.6 is 24.4 Å². The van der Waals surface area contributed by atoms with E-state index in [0.717, 1.165) is 67.6 Å². The molecule has 0 amide bonds. The van der Waals surface area contributed by atoms with Crippen LogP contribution in [0.3, 0.4) is 0 Å². The number of fused-ring (bicyclic) bond motifs is 2. The van der Waals surface area contributed by atoms with Gasteiger partial charge < -0.3 is 5.73 Å². The minimum Gasteiger partial charge on any atom is -0.326 e. The Balaban J connectivity index is 0.000000170. The van der Waals surface area contributed by atoms with Crippen LogP contribution < -0.4 is 5.73 Å². The molecule has 0 radical (unpaired) electrons. The van der Waals surface area contributed by atoms with E-state index in [1.165, 1.54) is 44.5 Å². The normalized spacial score (nSPS) is 10.9. The molecule has 0 aliphatic carbocycles. The van der Waals surface area contributed by atoms with Crippen molar-refractivity contribution in [2.45, 2.75) is 54.4 Å². The molecule has 7 nitrogen and oxygen atoms in total. The van der Waals surface area contributed by atoms with Crippen molar-refractivity contribution in [3.8, 4) is 11.4 Å². The molecule has 0 fully saturated rings. The number of aliphatic imine (C=N–C) groups is 1. The molecule has 0 unspecified atom stereocenters. The fourth-order valence-corrected chi connectivity index (χ4v) is 7.43. The van der Waals surface area contributed by atoms with Crippen molar-refractivity contribution in [2.24, 2.45) is 10.7 Å². The smallest absolute Gasteiger partial charge is 0.150 e. The molecular weight excluding hydrogens is 789 g/mol. The molecule has 2 heterocycles. The predicted molar refractivity (Wildman–Crippen MR) is 263 cm³/mol. The van der Waals surface area contributed by atoms with E-state index < -0.39 is 0 Å². The van der Waals surface area contributed by atoms with Gasteiger partial charge in [0.2, 0.25) is 0 Å². The van der Waals surface area contributed by atoms with E-state index in [2.05, 4.69) is 148 Å². The summed E-state index contributed by atoms with van der Waals surface area (Å²) in [4.78, 5) is 17.2. The molecule has 8 rings (SSSR count). The van der Waals surface area contributed by atoms with Gasteiger partial charge in [0.05, 0.1) is 41.3 Å². The molecule has 0 aliphatic rings. The zero-order valence-corrected chi connectivity index (χ0v) is 37.4. The minimum absolute atomic E-state index is 0.503. The summed E-state index contributed by atoms with van der Waals surface area (Å²) in [6.07, 6.45) is 8.07. The maximum absolute atomic E-state index is 10.7. The molecule has 0 spiro atoms. The van der Waals surface area contributed by atoms with Crippen molar-refractivity contribution < 1.29 is 4.79 Å². The summed E-state index contributed by atoms with van der Waals surface area (Å²) in [5.74, 6) is 0. The van der Waals surface area contributed by atoms with Gasteiger partial charge in [0, 0.05) is 51.7 Å². The van der Waals surface area contributed by atoms with Crippen molar-refractivity contribution in [3.63, 3.8) is 0 Å². The number of aromatic nitrogens is 4. The van der Waals surface area contributed by atoms with Gasteiger partial charge in [-0.05, 0) is 135 Å². The Morgan fingerprint density at radius 1 is 0.590 bits per heavy atom. The van der Waals surface area contributed by atoms with Crippen LogP contribution in [0.1, 0.15) is 60.4 Å². The summed E-state index contributed by atoms with van der Waals surface area (Å²) in [5.41, 5.74) is 21.7. The molecule has 8 aromatic rings. The number of carbonyl (C=O) groups excluding carboxylic acids is 1. The number of nitrogens with two attached hydrogens (primary N) is 1. The Morgan fingerprint density at radius 2 is 1.02 bits per heavy atom. The van der Waals surface area contributed by atoms with Crippen LogP contribution in [0.5, 0.6) is 0 Å². The number of benzene rings is 6. The molecule has 308 valence electrons. The summed E-state index contributed by atoms with van der Waals surface area (Å²) in [7, 11) is 0. The topological polar surface area (TPSA) is 91.1 Å². The lowest BCUT2D eigenvalue weighted by Crippen LogP contribution is -2.14. The SMILES string of the molecule is Cc1ccc(-n2ncc3cc(C=NCC(=S)Cc4c(C)cccc4C)ccc32)cc1.Cc1ccc(-n2ncc3cc(C=O)ccc32)cc1.Cc1cccc(C)c1CC(=S)CN. The first-order valence-corrected chi connectivity index (χ1v) is 21.1. The van der Waals surface area contributed by atoms with Gasteiger partial charge in [-0.25, -0.2) is 9.36 Å². The quantitative estimate of drug-likeness (QED) is 0.0792. The van der Waals surface area contributed by atoms with Crippen molar-refractivity contribution in [3.05, 3.63) is 189 Å². The number of nitrogens with zero attached hydrogens (tertiary/aromatic N) is 5. The molecular formula is C52H52N6OS2. The molecule has 0 saturated heterocycles. The van der Waals surface area contributed by atoms with E-state index >= 15 is 0 Å². The van der Waals surface area contributed by atoms with Crippen LogP contribution in [0, 0.1) is 41.5 Å². The Bertz CT molecular complexity index is 2790. The highest BCUT2D eigenvalue weighted by Gasteiger charge is 2.09. The Labute approximate surface area is 370 Å². The molecule has 61 heavy (non-hydrogen) atoms. The third-order valence-electron chi connectivity index (χ3n) is 10.6. The molecule has 9 heteroatoms. The predicted octanol–water partition coefficient (Wildman–Crippen LogP) is 11.3. The average molecular weight is 841 g/mol. The van der Waals surface area contributed by atoms with Crippen LogP contribution in [0.25, 0.3) is 33.2 Å². The number of thiocarbonyl (C=S) groups is 2. The van der Waals surface area contributed by atoms with E-state index in [9.17, 15) is 4.79 Å². The van der Waals surface area contributed by atoms with E-state index in [4.69, 9.17) is 30.2 Å². The number of hydrogen-bond acceptors (Lipinski definition) is 7. The molecule has 6 aromatic carbocycles. The van der Waals surface area contributed by atoms with Crippen LogP contribution in [0.4, 0.5) is 0 Å². The third kappa shape index (κ3) is 11.5. The lowest BCUT2D eigenvalue weighted by Gasteiger charge is -2.09.